The monoisotopic (exact) mass is 201 g/mol. The summed E-state index contributed by atoms with van der Waals surface area (Å²) in [4.78, 5) is 22.1. The predicted molar refractivity (Wildman–Crippen MR) is 54.6 cm³/mol. The lowest BCUT2D eigenvalue weighted by Gasteiger charge is -2.17. The summed E-state index contributed by atoms with van der Waals surface area (Å²) < 4.78 is 0. The molecular weight excluding hydrogens is 182 g/mol. The maximum atomic E-state index is 11.2. The molecule has 2 amide bonds. The molecule has 0 radical (unpaired) electrons. The maximum absolute atomic E-state index is 11.2. The molecule has 0 aromatic heterocycles. The first kappa shape index (κ1) is 12.9. The molecule has 0 aliphatic heterocycles. The standard InChI is InChI=1S/C9H19N3O2/c1-4-11-8(13)5-7(9(10)14)12-6(2)3/h6-7,12H,4-5H2,1-3H3,(H2,10,14)(H,11,13). The fourth-order valence-electron chi connectivity index (χ4n) is 1.10. The van der Waals surface area contributed by atoms with E-state index in [-0.39, 0.29) is 18.4 Å². The predicted octanol–water partition coefficient (Wildman–Crippen LogP) is -0.635. The van der Waals surface area contributed by atoms with Gasteiger partial charge in [0.25, 0.3) is 0 Å². The van der Waals surface area contributed by atoms with Crippen molar-refractivity contribution in [2.75, 3.05) is 6.54 Å². The molecule has 0 bridgehead atoms. The molecule has 5 nitrogen and oxygen atoms in total. The first-order valence-electron chi connectivity index (χ1n) is 4.79. The molecular formula is C9H19N3O2. The van der Waals surface area contributed by atoms with Crippen LogP contribution in [0, 0.1) is 0 Å². The van der Waals surface area contributed by atoms with E-state index in [9.17, 15) is 9.59 Å². The summed E-state index contributed by atoms with van der Waals surface area (Å²) in [5, 5.41) is 5.55. The van der Waals surface area contributed by atoms with Gasteiger partial charge in [-0.05, 0) is 6.92 Å². The van der Waals surface area contributed by atoms with Crippen molar-refractivity contribution >= 4 is 11.8 Å². The zero-order valence-corrected chi connectivity index (χ0v) is 8.96. The highest BCUT2D eigenvalue weighted by molar-refractivity contribution is 5.87. The van der Waals surface area contributed by atoms with Gasteiger partial charge in [0.05, 0.1) is 12.5 Å². The Morgan fingerprint density at radius 3 is 2.29 bits per heavy atom. The zero-order valence-electron chi connectivity index (χ0n) is 8.96. The molecule has 0 aliphatic rings. The van der Waals surface area contributed by atoms with E-state index in [2.05, 4.69) is 10.6 Å². The van der Waals surface area contributed by atoms with Gasteiger partial charge in [0, 0.05) is 12.6 Å². The Labute approximate surface area is 84.4 Å². The summed E-state index contributed by atoms with van der Waals surface area (Å²) in [6.07, 6.45) is 0.0986. The van der Waals surface area contributed by atoms with Crippen molar-refractivity contribution in [3.63, 3.8) is 0 Å². The van der Waals surface area contributed by atoms with Crippen LogP contribution < -0.4 is 16.4 Å². The minimum atomic E-state index is -0.582. The Morgan fingerprint density at radius 1 is 1.36 bits per heavy atom. The van der Waals surface area contributed by atoms with Crippen molar-refractivity contribution in [1.29, 1.82) is 0 Å². The Hall–Kier alpha value is -1.10. The second-order valence-electron chi connectivity index (χ2n) is 3.43. The maximum Gasteiger partial charge on any atom is 0.235 e. The number of nitrogens with two attached hydrogens (primary N) is 1. The van der Waals surface area contributed by atoms with E-state index in [1.807, 2.05) is 20.8 Å². The summed E-state index contributed by atoms with van der Waals surface area (Å²) in [5.74, 6) is -0.658. The van der Waals surface area contributed by atoms with E-state index >= 15 is 0 Å². The molecule has 5 heteroatoms. The van der Waals surface area contributed by atoms with Gasteiger partial charge in [0.2, 0.25) is 11.8 Å². The fraction of sp³-hybridized carbons (Fsp3) is 0.778. The van der Waals surface area contributed by atoms with E-state index in [0.29, 0.717) is 6.54 Å². The Kier molecular flexibility index (Phi) is 5.87. The number of hydrogen-bond acceptors (Lipinski definition) is 3. The molecule has 0 saturated carbocycles. The highest BCUT2D eigenvalue weighted by Crippen LogP contribution is 1.93. The Balaban J connectivity index is 4.09. The van der Waals surface area contributed by atoms with Gasteiger partial charge in [-0.3, -0.25) is 9.59 Å². The summed E-state index contributed by atoms with van der Waals surface area (Å²) in [6, 6.07) is -0.455. The third-order valence-corrected chi connectivity index (χ3v) is 1.64. The van der Waals surface area contributed by atoms with Crippen molar-refractivity contribution < 1.29 is 9.59 Å². The lowest BCUT2D eigenvalue weighted by atomic mass is 10.1. The second kappa shape index (κ2) is 6.37. The molecule has 1 unspecified atom stereocenters. The van der Waals surface area contributed by atoms with E-state index in [1.54, 1.807) is 0 Å². The van der Waals surface area contributed by atoms with Gasteiger partial charge in [-0.25, -0.2) is 0 Å². The molecule has 0 aromatic carbocycles. The van der Waals surface area contributed by atoms with Gasteiger partial charge < -0.3 is 16.4 Å². The number of rotatable bonds is 6. The van der Waals surface area contributed by atoms with E-state index in [1.165, 1.54) is 0 Å². The van der Waals surface area contributed by atoms with Gasteiger partial charge in [0.1, 0.15) is 0 Å². The molecule has 0 heterocycles. The molecule has 0 aromatic rings. The van der Waals surface area contributed by atoms with Crippen LogP contribution in [-0.4, -0.2) is 30.4 Å². The highest BCUT2D eigenvalue weighted by atomic mass is 16.2. The van der Waals surface area contributed by atoms with Gasteiger partial charge in [-0.15, -0.1) is 0 Å². The van der Waals surface area contributed by atoms with Crippen molar-refractivity contribution in [3.05, 3.63) is 0 Å². The SMILES string of the molecule is CCNC(=O)CC(NC(C)C)C(N)=O. The number of hydrogen-bond donors (Lipinski definition) is 3. The lowest BCUT2D eigenvalue weighted by molar-refractivity contribution is -0.126. The van der Waals surface area contributed by atoms with Crippen LogP contribution in [0.1, 0.15) is 27.2 Å². The smallest absolute Gasteiger partial charge is 0.235 e. The van der Waals surface area contributed by atoms with E-state index in [4.69, 9.17) is 5.73 Å². The van der Waals surface area contributed by atoms with Crippen LogP contribution in [0.4, 0.5) is 0 Å². The third kappa shape index (κ3) is 5.53. The average Bonchev–Trinajstić information content (AvgIpc) is 2.02. The van der Waals surface area contributed by atoms with Crippen LogP contribution >= 0.6 is 0 Å². The largest absolute Gasteiger partial charge is 0.368 e. The number of primary amides is 1. The first-order valence-corrected chi connectivity index (χ1v) is 4.79. The minimum Gasteiger partial charge on any atom is -0.368 e. The summed E-state index contributed by atoms with van der Waals surface area (Å²) >= 11 is 0. The fourth-order valence-corrected chi connectivity index (χ4v) is 1.10. The number of nitrogens with one attached hydrogen (secondary N) is 2. The first-order chi connectivity index (χ1) is 6.47. The second-order valence-corrected chi connectivity index (χ2v) is 3.43. The normalized spacial score (nSPS) is 12.6. The van der Waals surface area contributed by atoms with Gasteiger partial charge in [-0.1, -0.05) is 13.8 Å². The van der Waals surface area contributed by atoms with Gasteiger partial charge in [0.15, 0.2) is 0 Å². The molecule has 82 valence electrons. The van der Waals surface area contributed by atoms with Gasteiger partial charge >= 0.3 is 0 Å². The molecule has 4 N–H and O–H groups in total. The molecule has 0 saturated heterocycles. The number of carbonyl (C=O) groups excluding carboxylic acids is 2. The highest BCUT2D eigenvalue weighted by Gasteiger charge is 2.19. The molecule has 0 spiro atoms. The summed E-state index contributed by atoms with van der Waals surface area (Å²) in [6.45, 7) is 6.18. The zero-order chi connectivity index (χ0) is 11.1. The van der Waals surface area contributed by atoms with Crippen LogP contribution in [0.25, 0.3) is 0 Å². The van der Waals surface area contributed by atoms with Crippen molar-refractivity contribution in [2.24, 2.45) is 5.73 Å². The van der Waals surface area contributed by atoms with Crippen LogP contribution in [-0.2, 0) is 9.59 Å². The molecule has 0 rings (SSSR count). The quantitative estimate of drug-likeness (QED) is 0.534. The van der Waals surface area contributed by atoms with Gasteiger partial charge in [-0.2, -0.15) is 0 Å². The lowest BCUT2D eigenvalue weighted by Crippen LogP contribution is -2.47. The molecule has 0 fully saturated rings. The number of amides is 2. The van der Waals surface area contributed by atoms with Crippen LogP contribution in [0.15, 0.2) is 0 Å². The Morgan fingerprint density at radius 2 is 1.93 bits per heavy atom. The number of carbonyl (C=O) groups is 2. The van der Waals surface area contributed by atoms with Crippen molar-refractivity contribution in [1.82, 2.24) is 10.6 Å². The molecule has 1 atom stereocenters. The summed E-state index contributed by atoms with van der Waals surface area (Å²) in [7, 11) is 0. The van der Waals surface area contributed by atoms with Crippen molar-refractivity contribution in [3.8, 4) is 0 Å². The Bertz CT molecular complexity index is 204. The van der Waals surface area contributed by atoms with Crippen molar-refractivity contribution in [2.45, 2.75) is 39.3 Å². The van der Waals surface area contributed by atoms with E-state index in [0.717, 1.165) is 0 Å². The van der Waals surface area contributed by atoms with Crippen LogP contribution in [0.3, 0.4) is 0 Å². The average molecular weight is 201 g/mol. The van der Waals surface area contributed by atoms with Crippen LogP contribution in [0.2, 0.25) is 0 Å². The van der Waals surface area contributed by atoms with Crippen LogP contribution in [0.5, 0.6) is 0 Å². The summed E-state index contributed by atoms with van der Waals surface area (Å²) in [5.41, 5.74) is 5.15. The van der Waals surface area contributed by atoms with E-state index < -0.39 is 11.9 Å². The third-order valence-electron chi connectivity index (χ3n) is 1.64. The molecule has 0 aliphatic carbocycles. The topological polar surface area (TPSA) is 84.2 Å². The minimum absolute atomic E-state index is 0.0986. The molecule has 14 heavy (non-hydrogen) atoms.